The summed E-state index contributed by atoms with van der Waals surface area (Å²) in [6.07, 6.45) is 0. The van der Waals surface area contributed by atoms with E-state index >= 15 is 0 Å². The van der Waals surface area contributed by atoms with Crippen molar-refractivity contribution >= 4 is 17.1 Å². The zero-order valence-corrected chi connectivity index (χ0v) is 35.2. The van der Waals surface area contributed by atoms with Gasteiger partial charge in [0, 0.05) is 27.8 Å². The number of hydrogen-bond donors (Lipinski definition) is 0. The Morgan fingerprint density at radius 2 is 0.754 bits per heavy atom. The van der Waals surface area contributed by atoms with Crippen LogP contribution in [-0.4, -0.2) is 0 Å². The molecule has 0 aromatic heterocycles. The number of rotatable bonds is 7. The summed E-state index contributed by atoms with van der Waals surface area (Å²) in [5, 5.41) is 0. The van der Waals surface area contributed by atoms with Gasteiger partial charge in [0.2, 0.25) is 0 Å². The highest BCUT2D eigenvalue weighted by Gasteiger charge is 2.39. The molecule has 2 aliphatic rings. The topological polar surface area (TPSA) is 3.24 Å². The molecule has 0 spiro atoms. The SMILES string of the molecule is CC1(C)c2ccccc2-c2ccc(N(c3ccc(-c4ccccc4)cc3)c3cccc(-c4ccccc4-c4ccccc4)c3-c3cccc4c3-c3ccccc3C4(C)C)cc21. The molecule has 0 aliphatic heterocycles. The third-order valence-electron chi connectivity index (χ3n) is 13.5. The predicted molar refractivity (Wildman–Crippen MR) is 258 cm³/mol. The first kappa shape index (κ1) is 36.8. The molecule has 0 amide bonds. The minimum absolute atomic E-state index is 0.146. The number of fused-ring (bicyclic) bond motifs is 6. The van der Waals surface area contributed by atoms with E-state index in [0.29, 0.717) is 0 Å². The number of nitrogens with zero attached hydrogens (tertiary/aromatic N) is 1. The summed E-state index contributed by atoms with van der Waals surface area (Å²) in [5.74, 6) is 0. The van der Waals surface area contributed by atoms with Crippen molar-refractivity contribution in [3.8, 4) is 66.8 Å². The molecule has 0 saturated carbocycles. The second-order valence-electron chi connectivity index (χ2n) is 17.7. The lowest BCUT2D eigenvalue weighted by atomic mass is 9.81. The average Bonchev–Trinajstić information content (AvgIpc) is 3.69. The second-order valence-corrected chi connectivity index (χ2v) is 17.7. The molecule has 0 radical (unpaired) electrons. The maximum Gasteiger partial charge on any atom is 0.0546 e. The van der Waals surface area contributed by atoms with Crippen LogP contribution in [0.5, 0.6) is 0 Å². The van der Waals surface area contributed by atoms with Crippen molar-refractivity contribution in [1.29, 1.82) is 0 Å². The molecule has 9 aromatic carbocycles. The Hall–Kier alpha value is -7.22. The van der Waals surface area contributed by atoms with Crippen LogP contribution in [0.3, 0.4) is 0 Å². The summed E-state index contributed by atoms with van der Waals surface area (Å²) in [6.45, 7) is 9.51. The van der Waals surface area contributed by atoms with Gasteiger partial charge in [0.1, 0.15) is 0 Å². The molecule has 11 rings (SSSR count). The van der Waals surface area contributed by atoms with Crippen LogP contribution < -0.4 is 4.90 Å². The van der Waals surface area contributed by atoms with Gasteiger partial charge in [-0.2, -0.15) is 0 Å². The van der Waals surface area contributed by atoms with Gasteiger partial charge in [-0.05, 0) is 114 Å². The standard InChI is InChI=1S/C60H47N/c1-59(2)53-30-16-14-26-50(53)57-51(28-17-31-54(57)59)58-49(46-24-12-11-23-45(46)42-21-9-6-10-22-42)27-18-32-56(58)61(43-35-33-41(34-36-43)40-19-7-5-8-20-40)44-37-38-48-47-25-13-15-29-52(47)60(3,4)55(48)39-44/h5-39H,1-4H3. The Morgan fingerprint density at radius 1 is 0.279 bits per heavy atom. The highest BCUT2D eigenvalue weighted by Crippen LogP contribution is 2.57. The number of benzene rings is 9. The molecule has 1 heteroatoms. The van der Waals surface area contributed by atoms with E-state index in [-0.39, 0.29) is 10.8 Å². The van der Waals surface area contributed by atoms with Crippen LogP contribution in [-0.2, 0) is 10.8 Å². The second kappa shape index (κ2) is 14.2. The molecule has 0 heterocycles. The molecule has 61 heavy (non-hydrogen) atoms. The molecule has 0 N–H and O–H groups in total. The van der Waals surface area contributed by atoms with E-state index in [0.717, 1.165) is 17.1 Å². The van der Waals surface area contributed by atoms with Gasteiger partial charge < -0.3 is 4.90 Å². The molecule has 292 valence electrons. The molecule has 0 fully saturated rings. The highest BCUT2D eigenvalue weighted by molar-refractivity contribution is 6.05. The Kier molecular flexibility index (Phi) is 8.58. The lowest BCUT2D eigenvalue weighted by Crippen LogP contribution is -2.17. The average molecular weight is 782 g/mol. The molecule has 0 atom stereocenters. The van der Waals surface area contributed by atoms with Crippen molar-refractivity contribution in [2.75, 3.05) is 4.90 Å². The third-order valence-corrected chi connectivity index (χ3v) is 13.5. The fourth-order valence-corrected chi connectivity index (χ4v) is 10.5. The van der Waals surface area contributed by atoms with E-state index in [1.165, 1.54) is 89.0 Å². The molecule has 0 bridgehead atoms. The van der Waals surface area contributed by atoms with E-state index in [1.54, 1.807) is 0 Å². The lowest BCUT2D eigenvalue weighted by Gasteiger charge is -2.31. The number of anilines is 3. The summed E-state index contributed by atoms with van der Waals surface area (Å²) < 4.78 is 0. The minimum Gasteiger partial charge on any atom is -0.310 e. The van der Waals surface area contributed by atoms with E-state index in [9.17, 15) is 0 Å². The van der Waals surface area contributed by atoms with Gasteiger partial charge in [-0.25, -0.2) is 0 Å². The van der Waals surface area contributed by atoms with E-state index in [1.807, 2.05) is 0 Å². The van der Waals surface area contributed by atoms with Crippen molar-refractivity contribution < 1.29 is 0 Å². The molecule has 0 saturated heterocycles. The Morgan fingerprint density at radius 3 is 1.48 bits per heavy atom. The van der Waals surface area contributed by atoms with Gasteiger partial charge in [-0.15, -0.1) is 0 Å². The van der Waals surface area contributed by atoms with Crippen molar-refractivity contribution in [2.24, 2.45) is 0 Å². The number of hydrogen-bond acceptors (Lipinski definition) is 1. The Labute approximate surface area is 360 Å². The quantitative estimate of drug-likeness (QED) is 0.156. The molecule has 0 unspecified atom stereocenters. The van der Waals surface area contributed by atoms with Crippen LogP contribution in [0.25, 0.3) is 66.8 Å². The fraction of sp³-hybridized carbons (Fsp3) is 0.100. The van der Waals surface area contributed by atoms with Crippen molar-refractivity contribution in [1.82, 2.24) is 0 Å². The van der Waals surface area contributed by atoms with Gasteiger partial charge >= 0.3 is 0 Å². The largest absolute Gasteiger partial charge is 0.310 e. The van der Waals surface area contributed by atoms with Gasteiger partial charge in [0.25, 0.3) is 0 Å². The van der Waals surface area contributed by atoms with Crippen molar-refractivity contribution in [2.45, 2.75) is 38.5 Å². The molecule has 9 aromatic rings. The first-order chi connectivity index (χ1) is 29.8. The van der Waals surface area contributed by atoms with Gasteiger partial charge in [-0.1, -0.05) is 210 Å². The van der Waals surface area contributed by atoms with Crippen LogP contribution in [0.15, 0.2) is 212 Å². The zero-order chi connectivity index (χ0) is 41.3. The van der Waals surface area contributed by atoms with Crippen LogP contribution >= 0.6 is 0 Å². The lowest BCUT2D eigenvalue weighted by molar-refractivity contribution is 0.660. The van der Waals surface area contributed by atoms with Crippen LogP contribution in [0.2, 0.25) is 0 Å². The first-order valence-electron chi connectivity index (χ1n) is 21.5. The smallest absolute Gasteiger partial charge is 0.0546 e. The van der Waals surface area contributed by atoms with Crippen molar-refractivity contribution in [3.63, 3.8) is 0 Å². The first-order valence-corrected chi connectivity index (χ1v) is 21.5. The van der Waals surface area contributed by atoms with Gasteiger partial charge in [-0.3, -0.25) is 0 Å². The van der Waals surface area contributed by atoms with Crippen LogP contribution in [0.1, 0.15) is 49.9 Å². The van der Waals surface area contributed by atoms with Gasteiger partial charge in [0.15, 0.2) is 0 Å². The van der Waals surface area contributed by atoms with E-state index in [2.05, 4.69) is 245 Å². The zero-order valence-electron chi connectivity index (χ0n) is 35.2. The van der Waals surface area contributed by atoms with Crippen molar-refractivity contribution in [3.05, 3.63) is 235 Å². The monoisotopic (exact) mass is 781 g/mol. The predicted octanol–water partition coefficient (Wildman–Crippen LogP) is 16.4. The van der Waals surface area contributed by atoms with Crippen LogP contribution in [0, 0.1) is 0 Å². The summed E-state index contributed by atoms with van der Waals surface area (Å²) >= 11 is 0. The maximum atomic E-state index is 2.52. The molecule has 1 nitrogen and oxygen atoms in total. The minimum atomic E-state index is -0.153. The maximum absolute atomic E-state index is 2.52. The van der Waals surface area contributed by atoms with E-state index in [4.69, 9.17) is 0 Å². The van der Waals surface area contributed by atoms with Crippen LogP contribution in [0.4, 0.5) is 17.1 Å². The summed E-state index contributed by atoms with van der Waals surface area (Å²) in [5.41, 5.74) is 23.5. The Bertz CT molecular complexity index is 3120. The molecule has 2 aliphatic carbocycles. The molecular formula is C60H47N. The normalized spacial score (nSPS) is 13.8. The summed E-state index contributed by atoms with van der Waals surface area (Å²) in [6, 6.07) is 78.7. The summed E-state index contributed by atoms with van der Waals surface area (Å²) in [4.78, 5) is 2.52. The van der Waals surface area contributed by atoms with E-state index < -0.39 is 0 Å². The highest BCUT2D eigenvalue weighted by atomic mass is 15.1. The molecular weight excluding hydrogens is 735 g/mol. The van der Waals surface area contributed by atoms with Gasteiger partial charge in [0.05, 0.1) is 5.69 Å². The fourth-order valence-electron chi connectivity index (χ4n) is 10.5. The Balaban J connectivity index is 1.22. The summed E-state index contributed by atoms with van der Waals surface area (Å²) in [7, 11) is 0. The third kappa shape index (κ3) is 5.83.